The summed E-state index contributed by atoms with van der Waals surface area (Å²) >= 11 is 3.48. The predicted octanol–water partition coefficient (Wildman–Crippen LogP) is 2.44. The van der Waals surface area contributed by atoms with Gasteiger partial charge in [0.05, 0.1) is 18.8 Å². The molecule has 112 valence electrons. The number of guanidine groups is 1. The molecule has 0 saturated heterocycles. The van der Waals surface area contributed by atoms with Crippen LogP contribution in [0.1, 0.15) is 18.2 Å². The molecule has 1 aromatic heterocycles. The molecule has 0 unspecified atom stereocenters. The maximum absolute atomic E-state index is 4.60. The fraction of sp³-hybridized carbons (Fsp3) is 0.333. The normalized spacial score (nSPS) is 11.5. The average Bonchev–Trinajstić information content (AvgIpc) is 2.87. The molecule has 0 amide bonds. The minimum Gasteiger partial charge on any atom is -0.357 e. The van der Waals surface area contributed by atoms with Gasteiger partial charge in [-0.2, -0.15) is 5.10 Å². The van der Waals surface area contributed by atoms with Crippen LogP contribution in [0.25, 0.3) is 0 Å². The third-order valence-electron chi connectivity index (χ3n) is 3.01. The van der Waals surface area contributed by atoms with E-state index in [4.69, 9.17) is 0 Å². The van der Waals surface area contributed by atoms with Crippen molar-refractivity contribution in [2.45, 2.75) is 20.0 Å². The number of halogens is 1. The molecule has 6 heteroatoms. The topological polar surface area (TPSA) is 54.2 Å². The Balaban J connectivity index is 1.97. The van der Waals surface area contributed by atoms with Crippen LogP contribution in [0, 0.1) is 0 Å². The molecular formula is C15H20BrN5. The van der Waals surface area contributed by atoms with E-state index in [9.17, 15) is 0 Å². The summed E-state index contributed by atoms with van der Waals surface area (Å²) in [5.74, 6) is 0.804. The van der Waals surface area contributed by atoms with Gasteiger partial charge in [0.1, 0.15) is 0 Å². The van der Waals surface area contributed by atoms with Gasteiger partial charge in [0.25, 0.3) is 0 Å². The van der Waals surface area contributed by atoms with E-state index in [1.54, 1.807) is 6.20 Å². The highest BCUT2D eigenvalue weighted by molar-refractivity contribution is 9.10. The maximum atomic E-state index is 4.60. The van der Waals surface area contributed by atoms with Gasteiger partial charge in [-0.15, -0.1) is 0 Å². The van der Waals surface area contributed by atoms with Crippen molar-refractivity contribution < 1.29 is 0 Å². The van der Waals surface area contributed by atoms with E-state index in [1.807, 2.05) is 29.9 Å². The first-order valence-corrected chi connectivity index (χ1v) is 7.72. The number of hydrogen-bond donors (Lipinski definition) is 2. The molecule has 21 heavy (non-hydrogen) atoms. The second-order valence-electron chi connectivity index (χ2n) is 4.62. The SMILES string of the molecule is CCNC(=NCc1cccc(Br)c1)NCc1ccnn1C. The highest BCUT2D eigenvalue weighted by Crippen LogP contribution is 2.12. The van der Waals surface area contributed by atoms with Crippen LogP contribution in [0.5, 0.6) is 0 Å². The molecule has 0 radical (unpaired) electrons. The summed E-state index contributed by atoms with van der Waals surface area (Å²) in [6, 6.07) is 10.2. The zero-order valence-electron chi connectivity index (χ0n) is 12.3. The summed E-state index contributed by atoms with van der Waals surface area (Å²) in [4.78, 5) is 4.60. The quantitative estimate of drug-likeness (QED) is 0.643. The van der Waals surface area contributed by atoms with Crippen LogP contribution in [0.15, 0.2) is 46.0 Å². The minimum absolute atomic E-state index is 0.639. The Morgan fingerprint density at radius 1 is 1.33 bits per heavy atom. The molecule has 2 N–H and O–H groups in total. The standard InChI is InChI=1S/C15H20BrN5/c1-3-17-15(19-11-14-7-8-20-21(14)2)18-10-12-5-4-6-13(16)9-12/h4-9H,3,10-11H2,1-2H3,(H2,17,18,19). The van der Waals surface area contributed by atoms with E-state index < -0.39 is 0 Å². The molecule has 1 heterocycles. The van der Waals surface area contributed by atoms with Gasteiger partial charge >= 0.3 is 0 Å². The molecular weight excluding hydrogens is 330 g/mol. The van der Waals surface area contributed by atoms with E-state index in [0.29, 0.717) is 13.1 Å². The molecule has 0 saturated carbocycles. The molecule has 2 aromatic rings. The molecule has 0 fully saturated rings. The zero-order chi connectivity index (χ0) is 15.1. The van der Waals surface area contributed by atoms with E-state index in [1.165, 1.54) is 5.56 Å². The van der Waals surface area contributed by atoms with Crippen molar-refractivity contribution in [3.8, 4) is 0 Å². The monoisotopic (exact) mass is 349 g/mol. The summed E-state index contributed by atoms with van der Waals surface area (Å²) in [5.41, 5.74) is 2.28. The number of hydrogen-bond acceptors (Lipinski definition) is 2. The van der Waals surface area contributed by atoms with Crippen molar-refractivity contribution >= 4 is 21.9 Å². The lowest BCUT2D eigenvalue weighted by Crippen LogP contribution is -2.37. The Morgan fingerprint density at radius 2 is 2.19 bits per heavy atom. The molecule has 0 bridgehead atoms. The number of aliphatic imine (C=N–C) groups is 1. The second kappa shape index (κ2) is 7.83. The first kappa shape index (κ1) is 15.6. The Labute approximate surface area is 133 Å². The lowest BCUT2D eigenvalue weighted by Gasteiger charge is -2.11. The van der Waals surface area contributed by atoms with Gasteiger partial charge in [0.2, 0.25) is 0 Å². The van der Waals surface area contributed by atoms with Gasteiger partial charge in [0, 0.05) is 24.3 Å². The number of rotatable bonds is 5. The summed E-state index contributed by atoms with van der Waals surface area (Å²) in [6.07, 6.45) is 1.79. The molecule has 1 aromatic carbocycles. The third kappa shape index (κ3) is 4.90. The summed E-state index contributed by atoms with van der Waals surface area (Å²) in [6.45, 7) is 4.22. The lowest BCUT2D eigenvalue weighted by molar-refractivity contribution is 0.685. The fourth-order valence-electron chi connectivity index (χ4n) is 1.90. The Hall–Kier alpha value is -1.82. The first-order chi connectivity index (χ1) is 10.2. The summed E-state index contributed by atoms with van der Waals surface area (Å²) in [7, 11) is 1.93. The van der Waals surface area contributed by atoms with Gasteiger partial charge in [-0.3, -0.25) is 4.68 Å². The third-order valence-corrected chi connectivity index (χ3v) is 3.51. The zero-order valence-corrected chi connectivity index (χ0v) is 13.9. The molecule has 5 nitrogen and oxygen atoms in total. The van der Waals surface area contributed by atoms with Crippen LogP contribution in [0.2, 0.25) is 0 Å². The van der Waals surface area contributed by atoms with Crippen molar-refractivity contribution in [1.29, 1.82) is 0 Å². The van der Waals surface area contributed by atoms with E-state index in [-0.39, 0.29) is 0 Å². The van der Waals surface area contributed by atoms with Gasteiger partial charge in [-0.25, -0.2) is 4.99 Å². The number of benzene rings is 1. The largest absolute Gasteiger partial charge is 0.357 e. The molecule has 0 atom stereocenters. The highest BCUT2D eigenvalue weighted by atomic mass is 79.9. The van der Waals surface area contributed by atoms with Gasteiger partial charge in [-0.1, -0.05) is 28.1 Å². The molecule has 0 aliphatic rings. The van der Waals surface area contributed by atoms with Crippen LogP contribution >= 0.6 is 15.9 Å². The molecule has 0 spiro atoms. The highest BCUT2D eigenvalue weighted by Gasteiger charge is 2.01. The fourth-order valence-corrected chi connectivity index (χ4v) is 2.34. The van der Waals surface area contributed by atoms with Crippen LogP contribution in [-0.4, -0.2) is 22.3 Å². The summed E-state index contributed by atoms with van der Waals surface area (Å²) < 4.78 is 2.92. The van der Waals surface area contributed by atoms with E-state index in [2.05, 4.69) is 55.7 Å². The number of aryl methyl sites for hydroxylation is 1. The van der Waals surface area contributed by atoms with Crippen LogP contribution in [0.3, 0.4) is 0 Å². The van der Waals surface area contributed by atoms with E-state index >= 15 is 0 Å². The predicted molar refractivity (Wildman–Crippen MR) is 89.0 cm³/mol. The van der Waals surface area contributed by atoms with E-state index in [0.717, 1.165) is 22.7 Å². The van der Waals surface area contributed by atoms with Crippen molar-refractivity contribution in [2.24, 2.45) is 12.0 Å². The second-order valence-corrected chi connectivity index (χ2v) is 5.54. The Morgan fingerprint density at radius 3 is 2.86 bits per heavy atom. The molecule has 0 aliphatic carbocycles. The number of aromatic nitrogens is 2. The molecule has 2 rings (SSSR count). The first-order valence-electron chi connectivity index (χ1n) is 6.92. The van der Waals surface area contributed by atoms with Crippen molar-refractivity contribution in [3.05, 3.63) is 52.3 Å². The van der Waals surface area contributed by atoms with Crippen LogP contribution < -0.4 is 10.6 Å². The minimum atomic E-state index is 0.639. The van der Waals surface area contributed by atoms with Gasteiger partial charge in [0.15, 0.2) is 5.96 Å². The number of nitrogens with zero attached hydrogens (tertiary/aromatic N) is 3. The van der Waals surface area contributed by atoms with Crippen molar-refractivity contribution in [3.63, 3.8) is 0 Å². The average molecular weight is 350 g/mol. The number of nitrogens with one attached hydrogen (secondary N) is 2. The van der Waals surface area contributed by atoms with Crippen LogP contribution in [0.4, 0.5) is 0 Å². The Kier molecular flexibility index (Phi) is 5.80. The van der Waals surface area contributed by atoms with Gasteiger partial charge in [-0.05, 0) is 30.7 Å². The Bertz CT molecular complexity index is 606. The van der Waals surface area contributed by atoms with Crippen molar-refractivity contribution in [2.75, 3.05) is 6.54 Å². The van der Waals surface area contributed by atoms with Crippen LogP contribution in [-0.2, 0) is 20.1 Å². The summed E-state index contributed by atoms with van der Waals surface area (Å²) in [5, 5.41) is 10.7. The van der Waals surface area contributed by atoms with Gasteiger partial charge < -0.3 is 10.6 Å². The van der Waals surface area contributed by atoms with Crippen molar-refractivity contribution in [1.82, 2.24) is 20.4 Å². The molecule has 0 aliphatic heterocycles. The smallest absolute Gasteiger partial charge is 0.191 e. The lowest BCUT2D eigenvalue weighted by atomic mass is 10.2. The maximum Gasteiger partial charge on any atom is 0.191 e.